The van der Waals surface area contributed by atoms with E-state index >= 15 is 0 Å². The molecule has 0 fully saturated rings. The standard InChI is InChI=1S/C24H40N2O8S4/c1-35-13-9-19(23(31)32)25-21(29)15-17(27)7-3-5-11-37-38-12-6-4-8-18(28)16-22(30)26-20(24(33)34)10-14-36-2/h3-4,7-8,17-20,27-28H,5-6,9-16H2,1-2H3,(H,25,29)(H,26,30)(H,31,32)(H,33,34)/b7-3+,8-4+. The molecule has 0 heterocycles. The number of amides is 2. The van der Waals surface area contributed by atoms with Crippen LogP contribution in [0.4, 0.5) is 0 Å². The number of carboxylic acid groups (broad SMARTS) is 2. The zero-order chi connectivity index (χ0) is 28.8. The Balaban J connectivity index is 3.99. The molecule has 4 unspecified atom stereocenters. The summed E-state index contributed by atoms with van der Waals surface area (Å²) < 4.78 is 0. The maximum Gasteiger partial charge on any atom is 0.326 e. The van der Waals surface area contributed by atoms with Crippen LogP contribution < -0.4 is 10.6 Å². The predicted molar refractivity (Wildman–Crippen MR) is 159 cm³/mol. The molecule has 4 atom stereocenters. The van der Waals surface area contributed by atoms with E-state index in [0.717, 1.165) is 11.5 Å². The Morgan fingerprint density at radius 2 is 1.05 bits per heavy atom. The molecule has 10 nitrogen and oxygen atoms in total. The van der Waals surface area contributed by atoms with Crippen LogP contribution in [0.1, 0.15) is 38.5 Å². The van der Waals surface area contributed by atoms with E-state index in [4.69, 9.17) is 10.2 Å². The lowest BCUT2D eigenvalue weighted by atomic mass is 10.2. The van der Waals surface area contributed by atoms with Crippen LogP contribution in [0.5, 0.6) is 0 Å². The van der Waals surface area contributed by atoms with Crippen molar-refractivity contribution in [2.75, 3.05) is 35.5 Å². The minimum atomic E-state index is -1.09. The van der Waals surface area contributed by atoms with Crippen LogP contribution in [-0.2, 0) is 19.2 Å². The lowest BCUT2D eigenvalue weighted by Gasteiger charge is -2.14. The van der Waals surface area contributed by atoms with Gasteiger partial charge in [0.15, 0.2) is 0 Å². The summed E-state index contributed by atoms with van der Waals surface area (Å²) in [6.45, 7) is 0. The third kappa shape index (κ3) is 20.6. The first-order valence-corrected chi connectivity index (χ1v) is 17.3. The van der Waals surface area contributed by atoms with Gasteiger partial charge in [-0.2, -0.15) is 23.5 Å². The summed E-state index contributed by atoms with van der Waals surface area (Å²) in [5.41, 5.74) is 0. The topological polar surface area (TPSA) is 173 Å². The summed E-state index contributed by atoms with van der Waals surface area (Å²) in [5.74, 6) is -0.371. The number of hydrogen-bond acceptors (Lipinski definition) is 10. The average molecular weight is 613 g/mol. The van der Waals surface area contributed by atoms with E-state index in [1.165, 1.54) is 35.7 Å². The van der Waals surface area contributed by atoms with Crippen LogP contribution in [0.15, 0.2) is 24.3 Å². The molecular weight excluding hydrogens is 573 g/mol. The average Bonchev–Trinajstić information content (AvgIpc) is 2.84. The van der Waals surface area contributed by atoms with Crippen LogP contribution in [-0.4, -0.2) is 104 Å². The van der Waals surface area contributed by atoms with Crippen molar-refractivity contribution in [1.29, 1.82) is 0 Å². The highest BCUT2D eigenvalue weighted by atomic mass is 33.1. The highest BCUT2D eigenvalue weighted by Gasteiger charge is 2.21. The van der Waals surface area contributed by atoms with Crippen molar-refractivity contribution in [2.45, 2.75) is 62.8 Å². The van der Waals surface area contributed by atoms with Crippen molar-refractivity contribution in [3.05, 3.63) is 24.3 Å². The highest BCUT2D eigenvalue weighted by Crippen LogP contribution is 2.23. The van der Waals surface area contributed by atoms with Crippen LogP contribution in [0.25, 0.3) is 0 Å². The molecule has 0 rings (SSSR count). The fraction of sp³-hybridized carbons (Fsp3) is 0.667. The van der Waals surface area contributed by atoms with Crippen LogP contribution in [0, 0.1) is 0 Å². The molecule has 0 aliphatic rings. The first-order chi connectivity index (χ1) is 18.1. The lowest BCUT2D eigenvalue weighted by Crippen LogP contribution is -2.42. The van der Waals surface area contributed by atoms with Gasteiger partial charge in [0.1, 0.15) is 12.1 Å². The van der Waals surface area contributed by atoms with Gasteiger partial charge in [-0.05, 0) is 49.7 Å². The Morgan fingerprint density at radius 3 is 1.37 bits per heavy atom. The van der Waals surface area contributed by atoms with E-state index in [9.17, 15) is 29.4 Å². The molecule has 0 aromatic rings. The zero-order valence-electron chi connectivity index (χ0n) is 21.7. The SMILES string of the molecule is CSCCC(NC(=O)CC(O)/C=C/CCSSCC/C=C/C(O)CC(=O)NC(CCSC)C(=O)O)C(=O)O. The molecule has 2 amide bonds. The van der Waals surface area contributed by atoms with Crippen molar-refractivity contribution < 1.29 is 39.6 Å². The van der Waals surface area contributed by atoms with Gasteiger partial charge in [0.05, 0.1) is 25.0 Å². The lowest BCUT2D eigenvalue weighted by molar-refractivity contribution is -0.142. The number of aliphatic hydroxyl groups excluding tert-OH is 2. The second kappa shape index (κ2) is 23.6. The molecular formula is C24H40N2O8S4. The van der Waals surface area contributed by atoms with E-state index in [2.05, 4.69) is 10.6 Å². The van der Waals surface area contributed by atoms with E-state index in [0.29, 0.717) is 37.2 Å². The smallest absolute Gasteiger partial charge is 0.326 e. The molecule has 0 aliphatic carbocycles. The van der Waals surface area contributed by atoms with E-state index in [1.54, 1.807) is 33.7 Å². The first-order valence-electron chi connectivity index (χ1n) is 12.1. The third-order valence-corrected chi connectivity index (χ3v) is 8.57. The molecule has 218 valence electrons. The number of carbonyl (C=O) groups is 4. The Kier molecular flexibility index (Phi) is 22.7. The van der Waals surface area contributed by atoms with Gasteiger partial charge in [-0.15, -0.1) is 0 Å². The van der Waals surface area contributed by atoms with Crippen LogP contribution in [0.2, 0.25) is 0 Å². The predicted octanol–water partition coefficient (Wildman–Crippen LogP) is 2.41. The number of carboxylic acids is 2. The molecule has 0 aliphatic heterocycles. The minimum absolute atomic E-state index is 0.195. The van der Waals surface area contributed by atoms with E-state index < -0.39 is 48.0 Å². The van der Waals surface area contributed by atoms with Gasteiger partial charge >= 0.3 is 11.9 Å². The molecule has 0 aromatic carbocycles. The summed E-state index contributed by atoms with van der Waals surface area (Å²) in [6, 6.07) is -1.91. The van der Waals surface area contributed by atoms with Gasteiger partial charge in [-0.3, -0.25) is 9.59 Å². The molecule has 0 spiro atoms. The van der Waals surface area contributed by atoms with Gasteiger partial charge < -0.3 is 31.1 Å². The molecule has 38 heavy (non-hydrogen) atoms. The van der Waals surface area contributed by atoms with Crippen molar-refractivity contribution in [3.8, 4) is 0 Å². The number of hydrogen-bond donors (Lipinski definition) is 6. The number of nitrogens with one attached hydrogen (secondary N) is 2. The van der Waals surface area contributed by atoms with Crippen LogP contribution in [0.3, 0.4) is 0 Å². The number of rotatable bonds is 23. The molecule has 6 N–H and O–H groups in total. The fourth-order valence-corrected chi connectivity index (χ4v) is 5.79. The summed E-state index contributed by atoms with van der Waals surface area (Å²) in [4.78, 5) is 46.2. The van der Waals surface area contributed by atoms with E-state index in [-0.39, 0.29) is 12.8 Å². The molecule has 0 bridgehead atoms. The zero-order valence-corrected chi connectivity index (χ0v) is 25.0. The largest absolute Gasteiger partial charge is 0.480 e. The molecule has 0 saturated carbocycles. The molecule has 14 heteroatoms. The summed E-state index contributed by atoms with van der Waals surface area (Å²) >= 11 is 2.99. The Morgan fingerprint density at radius 1 is 0.684 bits per heavy atom. The first kappa shape index (κ1) is 36.7. The second-order valence-electron chi connectivity index (χ2n) is 8.10. The number of carbonyl (C=O) groups excluding carboxylic acids is 2. The van der Waals surface area contributed by atoms with Gasteiger partial charge in [-0.1, -0.05) is 45.9 Å². The Labute approximate surface area is 241 Å². The normalized spacial score (nSPS) is 14.7. The van der Waals surface area contributed by atoms with Crippen molar-refractivity contribution >= 4 is 68.9 Å². The number of aliphatic hydroxyl groups is 2. The van der Waals surface area contributed by atoms with E-state index in [1.807, 2.05) is 12.5 Å². The summed E-state index contributed by atoms with van der Waals surface area (Å²) in [6.07, 6.45) is 10.0. The fourth-order valence-electron chi connectivity index (χ4n) is 2.87. The summed E-state index contributed by atoms with van der Waals surface area (Å²) in [5, 5.41) is 43.1. The van der Waals surface area contributed by atoms with Crippen LogP contribution >= 0.6 is 45.1 Å². The maximum atomic E-state index is 11.9. The second-order valence-corrected chi connectivity index (χ2v) is 12.8. The minimum Gasteiger partial charge on any atom is -0.480 e. The number of thioether (sulfide) groups is 2. The quantitative estimate of drug-likeness (QED) is 0.0566. The van der Waals surface area contributed by atoms with Gasteiger partial charge in [0, 0.05) is 11.5 Å². The summed E-state index contributed by atoms with van der Waals surface area (Å²) in [7, 11) is 3.29. The highest BCUT2D eigenvalue weighted by molar-refractivity contribution is 8.76. The molecule has 0 aromatic heterocycles. The van der Waals surface area contributed by atoms with Gasteiger partial charge in [0.2, 0.25) is 11.8 Å². The van der Waals surface area contributed by atoms with Crippen molar-refractivity contribution in [3.63, 3.8) is 0 Å². The van der Waals surface area contributed by atoms with Gasteiger partial charge in [0.25, 0.3) is 0 Å². The number of aliphatic carboxylic acids is 2. The number of allylic oxidation sites excluding steroid dienone is 2. The Hall–Kier alpha value is -1.32. The van der Waals surface area contributed by atoms with Crippen molar-refractivity contribution in [2.24, 2.45) is 0 Å². The molecule has 0 radical (unpaired) electrons. The van der Waals surface area contributed by atoms with Gasteiger partial charge in [-0.25, -0.2) is 9.59 Å². The molecule has 0 saturated heterocycles. The van der Waals surface area contributed by atoms with Crippen molar-refractivity contribution in [1.82, 2.24) is 10.6 Å². The maximum absolute atomic E-state index is 11.9. The monoisotopic (exact) mass is 612 g/mol. The third-order valence-electron chi connectivity index (χ3n) is 4.81. The Bertz CT molecular complexity index is 708.